The summed E-state index contributed by atoms with van der Waals surface area (Å²) >= 11 is 12.2. The smallest absolute Gasteiger partial charge is 0.404 e. The highest BCUT2D eigenvalue weighted by Gasteiger charge is 2.15. The highest BCUT2D eigenvalue weighted by Crippen LogP contribution is 2.21. The van der Waals surface area contributed by atoms with Gasteiger partial charge in [0.05, 0.1) is 21.6 Å². The molecule has 6 nitrogen and oxygen atoms in total. The van der Waals surface area contributed by atoms with E-state index in [4.69, 9.17) is 28.3 Å². The number of carbonyl (C=O) groups is 1. The molecule has 0 saturated heterocycles. The number of rotatable bonds is 4. The number of hydrogen-bond donors (Lipinski definition) is 2. The molecule has 0 aliphatic heterocycles. The second-order valence-electron chi connectivity index (χ2n) is 5.26. The lowest BCUT2D eigenvalue weighted by Crippen LogP contribution is -2.29. The van der Waals surface area contributed by atoms with Crippen molar-refractivity contribution in [1.29, 1.82) is 0 Å². The van der Waals surface area contributed by atoms with E-state index < -0.39 is 6.09 Å². The summed E-state index contributed by atoms with van der Waals surface area (Å²) in [7, 11) is 0. The highest BCUT2D eigenvalue weighted by molar-refractivity contribution is 6.35. The van der Waals surface area contributed by atoms with Gasteiger partial charge in [-0.15, -0.1) is 0 Å². The van der Waals surface area contributed by atoms with Crippen LogP contribution in [0.3, 0.4) is 0 Å². The van der Waals surface area contributed by atoms with Crippen LogP contribution in [-0.2, 0) is 6.42 Å². The zero-order valence-corrected chi connectivity index (χ0v) is 14.4. The van der Waals surface area contributed by atoms with Gasteiger partial charge in [-0.05, 0) is 30.3 Å². The molecular weight excluding hydrogens is 365 g/mol. The molecule has 0 radical (unpaired) electrons. The molecule has 0 spiro atoms. The van der Waals surface area contributed by atoms with Crippen LogP contribution >= 0.6 is 23.2 Å². The molecule has 1 heterocycles. The third-order valence-electron chi connectivity index (χ3n) is 3.61. The maximum absolute atomic E-state index is 13.0. The number of aromatic nitrogens is 2. The maximum Gasteiger partial charge on any atom is 0.404 e. The average molecular weight is 378 g/mol. The molecule has 0 atom stereocenters. The van der Waals surface area contributed by atoms with E-state index in [9.17, 15) is 9.59 Å². The Morgan fingerprint density at radius 1 is 1.20 bits per heavy atom. The number of amides is 1. The lowest BCUT2D eigenvalue weighted by molar-refractivity contribution is 0.194. The molecule has 0 fully saturated rings. The first-order chi connectivity index (χ1) is 12.0. The summed E-state index contributed by atoms with van der Waals surface area (Å²) in [5.41, 5.74) is 0.668. The van der Waals surface area contributed by atoms with Gasteiger partial charge in [0.15, 0.2) is 0 Å². The summed E-state index contributed by atoms with van der Waals surface area (Å²) in [4.78, 5) is 28.2. The molecule has 0 unspecified atom stereocenters. The van der Waals surface area contributed by atoms with Crippen LogP contribution in [0.25, 0.3) is 16.6 Å². The number of fused-ring (bicyclic) bond motifs is 1. The number of halogens is 2. The molecule has 1 amide bonds. The van der Waals surface area contributed by atoms with Crippen LogP contribution in [0, 0.1) is 0 Å². The Morgan fingerprint density at radius 3 is 2.68 bits per heavy atom. The van der Waals surface area contributed by atoms with Crippen LogP contribution in [0.4, 0.5) is 4.79 Å². The molecule has 0 saturated carbocycles. The molecule has 0 bridgehead atoms. The van der Waals surface area contributed by atoms with Gasteiger partial charge >= 0.3 is 6.09 Å². The minimum Gasteiger partial charge on any atom is -0.465 e. The number of hydrogen-bond acceptors (Lipinski definition) is 3. The van der Waals surface area contributed by atoms with Crippen molar-refractivity contribution < 1.29 is 9.90 Å². The van der Waals surface area contributed by atoms with Crippen LogP contribution in [0.15, 0.2) is 47.3 Å². The van der Waals surface area contributed by atoms with Crippen LogP contribution in [0.2, 0.25) is 10.0 Å². The molecule has 25 heavy (non-hydrogen) atoms. The second kappa shape index (κ2) is 7.13. The van der Waals surface area contributed by atoms with Crippen LogP contribution in [0.1, 0.15) is 5.82 Å². The minimum atomic E-state index is -1.14. The lowest BCUT2D eigenvalue weighted by Gasteiger charge is -2.14. The van der Waals surface area contributed by atoms with Gasteiger partial charge in [0, 0.05) is 18.0 Å². The van der Waals surface area contributed by atoms with E-state index in [1.54, 1.807) is 42.5 Å². The first kappa shape index (κ1) is 17.3. The quantitative estimate of drug-likeness (QED) is 0.728. The van der Waals surface area contributed by atoms with Gasteiger partial charge in [-0.2, -0.15) is 0 Å². The van der Waals surface area contributed by atoms with Crippen molar-refractivity contribution in [3.63, 3.8) is 0 Å². The van der Waals surface area contributed by atoms with Crippen LogP contribution < -0.4 is 10.9 Å². The fourth-order valence-electron chi connectivity index (χ4n) is 2.57. The minimum absolute atomic E-state index is 0.119. The van der Waals surface area contributed by atoms with E-state index >= 15 is 0 Å². The third kappa shape index (κ3) is 3.60. The molecule has 8 heteroatoms. The maximum atomic E-state index is 13.0. The largest absolute Gasteiger partial charge is 0.465 e. The summed E-state index contributed by atoms with van der Waals surface area (Å²) < 4.78 is 1.41. The standard InChI is InChI=1S/C17H13Cl2N3O3/c18-10-3-1-4-11(9-10)22-14(7-8-20-17(24)25)21-13-6-2-5-12(19)15(13)16(22)23/h1-6,9,20H,7-8H2,(H,24,25). The van der Waals surface area contributed by atoms with E-state index in [-0.39, 0.29) is 18.5 Å². The van der Waals surface area contributed by atoms with E-state index in [0.29, 0.717) is 32.5 Å². The van der Waals surface area contributed by atoms with E-state index in [1.807, 2.05) is 0 Å². The molecule has 0 aliphatic carbocycles. The summed E-state index contributed by atoms with van der Waals surface area (Å²) in [5, 5.41) is 12.1. The second-order valence-corrected chi connectivity index (χ2v) is 6.11. The highest BCUT2D eigenvalue weighted by atomic mass is 35.5. The van der Waals surface area contributed by atoms with Crippen molar-refractivity contribution in [2.75, 3.05) is 6.54 Å². The van der Waals surface area contributed by atoms with Crippen molar-refractivity contribution in [3.05, 3.63) is 68.7 Å². The number of nitrogens with one attached hydrogen (secondary N) is 1. The Labute approximate surface area is 152 Å². The number of benzene rings is 2. The summed E-state index contributed by atoms with van der Waals surface area (Å²) in [5.74, 6) is 0.413. The van der Waals surface area contributed by atoms with Gasteiger partial charge in [0.1, 0.15) is 5.82 Å². The Hall–Kier alpha value is -2.57. The Kier molecular flexibility index (Phi) is 4.92. The lowest BCUT2D eigenvalue weighted by atomic mass is 10.2. The van der Waals surface area contributed by atoms with Gasteiger partial charge in [0.25, 0.3) is 5.56 Å². The summed E-state index contributed by atoms with van der Waals surface area (Å²) in [6.07, 6.45) is -0.906. The molecule has 3 rings (SSSR count). The summed E-state index contributed by atoms with van der Waals surface area (Å²) in [6, 6.07) is 11.8. The first-order valence-electron chi connectivity index (χ1n) is 7.40. The first-order valence-corrected chi connectivity index (χ1v) is 8.16. The SMILES string of the molecule is O=C(O)NCCc1nc2cccc(Cl)c2c(=O)n1-c1cccc(Cl)c1. The molecule has 2 aromatic carbocycles. The summed E-state index contributed by atoms with van der Waals surface area (Å²) in [6.45, 7) is 0.119. The van der Waals surface area contributed by atoms with Gasteiger partial charge in [-0.25, -0.2) is 9.78 Å². The predicted octanol–water partition coefficient (Wildman–Crippen LogP) is 3.50. The van der Waals surface area contributed by atoms with Crippen molar-refractivity contribution in [1.82, 2.24) is 14.9 Å². The van der Waals surface area contributed by atoms with E-state index in [2.05, 4.69) is 10.3 Å². The molecular formula is C17H13Cl2N3O3. The third-order valence-corrected chi connectivity index (χ3v) is 4.16. The molecule has 0 aliphatic rings. The van der Waals surface area contributed by atoms with Crippen molar-refractivity contribution in [3.8, 4) is 5.69 Å². The Morgan fingerprint density at radius 2 is 1.96 bits per heavy atom. The molecule has 3 aromatic rings. The topological polar surface area (TPSA) is 84.2 Å². The fourth-order valence-corrected chi connectivity index (χ4v) is 3.00. The number of nitrogens with zero attached hydrogens (tertiary/aromatic N) is 2. The molecule has 2 N–H and O–H groups in total. The predicted molar refractivity (Wildman–Crippen MR) is 97.1 cm³/mol. The van der Waals surface area contributed by atoms with Crippen molar-refractivity contribution in [2.45, 2.75) is 6.42 Å². The van der Waals surface area contributed by atoms with Gasteiger partial charge < -0.3 is 10.4 Å². The normalized spacial score (nSPS) is 10.8. The fraction of sp³-hybridized carbons (Fsp3) is 0.118. The van der Waals surface area contributed by atoms with E-state index in [1.165, 1.54) is 4.57 Å². The Balaban J connectivity index is 2.23. The average Bonchev–Trinajstić information content (AvgIpc) is 2.54. The zero-order valence-electron chi connectivity index (χ0n) is 12.9. The van der Waals surface area contributed by atoms with Crippen molar-refractivity contribution >= 4 is 40.2 Å². The van der Waals surface area contributed by atoms with Crippen molar-refractivity contribution in [2.24, 2.45) is 0 Å². The Bertz CT molecular complexity index is 1020. The van der Waals surface area contributed by atoms with Gasteiger partial charge in [0.2, 0.25) is 0 Å². The van der Waals surface area contributed by atoms with E-state index in [0.717, 1.165) is 0 Å². The monoisotopic (exact) mass is 377 g/mol. The van der Waals surface area contributed by atoms with Crippen LogP contribution in [0.5, 0.6) is 0 Å². The molecule has 128 valence electrons. The van der Waals surface area contributed by atoms with Gasteiger partial charge in [-0.1, -0.05) is 35.3 Å². The van der Waals surface area contributed by atoms with Gasteiger partial charge in [-0.3, -0.25) is 9.36 Å². The number of carboxylic acid groups (broad SMARTS) is 1. The molecule has 1 aromatic heterocycles. The zero-order chi connectivity index (χ0) is 18.0. The van der Waals surface area contributed by atoms with Crippen LogP contribution in [-0.4, -0.2) is 27.3 Å².